The van der Waals surface area contributed by atoms with Crippen molar-refractivity contribution < 1.29 is 14.5 Å². The molecule has 1 heterocycles. The van der Waals surface area contributed by atoms with Gasteiger partial charge in [0.15, 0.2) is 0 Å². The largest absolute Gasteiger partial charge is 0.496 e. The molecule has 29 heavy (non-hydrogen) atoms. The van der Waals surface area contributed by atoms with E-state index in [0.29, 0.717) is 27.5 Å². The van der Waals surface area contributed by atoms with E-state index in [1.54, 1.807) is 42.5 Å². The summed E-state index contributed by atoms with van der Waals surface area (Å²) in [5.74, 6) is -0.279. The molecule has 0 bridgehead atoms. The van der Waals surface area contributed by atoms with Gasteiger partial charge >= 0.3 is 5.95 Å². The Balaban J connectivity index is 1.71. The molecule has 10 nitrogen and oxygen atoms in total. The first-order chi connectivity index (χ1) is 14.0. The summed E-state index contributed by atoms with van der Waals surface area (Å²) >= 11 is 5.80. The van der Waals surface area contributed by atoms with Gasteiger partial charge in [0.2, 0.25) is 6.33 Å². The van der Waals surface area contributed by atoms with Gasteiger partial charge in [0.05, 0.1) is 19.9 Å². The molecule has 0 saturated carbocycles. The number of methoxy groups -OCH3 is 1. The molecule has 1 aromatic heterocycles. The zero-order chi connectivity index (χ0) is 20.8. The molecule has 3 aromatic rings. The maximum absolute atomic E-state index is 12.1. The summed E-state index contributed by atoms with van der Waals surface area (Å²) in [5.41, 5.74) is 4.26. The van der Waals surface area contributed by atoms with E-state index in [9.17, 15) is 14.9 Å². The highest BCUT2D eigenvalue weighted by Crippen LogP contribution is 2.20. The standard InChI is InChI=1S/C18H15ClN6O4/c1-29-16-7-2-12(8-14(16)10-24-11-20-18(23-24)25(27)28)9-21-22-17(26)13-3-5-15(19)6-4-13/h2-9,11H,10H2,1H3,(H,22,26)/b21-9+. The van der Waals surface area contributed by atoms with Crippen LogP contribution in [-0.4, -0.2) is 38.9 Å². The van der Waals surface area contributed by atoms with Gasteiger partial charge in [-0.2, -0.15) is 9.78 Å². The van der Waals surface area contributed by atoms with Gasteiger partial charge < -0.3 is 14.9 Å². The average Bonchev–Trinajstić information content (AvgIpc) is 3.17. The number of hydrogen-bond acceptors (Lipinski definition) is 7. The summed E-state index contributed by atoms with van der Waals surface area (Å²) in [7, 11) is 1.52. The van der Waals surface area contributed by atoms with E-state index in [4.69, 9.17) is 16.3 Å². The number of benzene rings is 2. The molecule has 11 heteroatoms. The lowest BCUT2D eigenvalue weighted by molar-refractivity contribution is -0.394. The molecule has 0 aliphatic rings. The zero-order valence-corrected chi connectivity index (χ0v) is 15.9. The number of rotatable bonds is 7. The monoisotopic (exact) mass is 414 g/mol. The predicted molar refractivity (Wildman–Crippen MR) is 105 cm³/mol. The minimum atomic E-state index is -0.666. The van der Waals surface area contributed by atoms with Crippen LogP contribution in [0.3, 0.4) is 0 Å². The number of carbonyl (C=O) groups excluding carboxylic acids is 1. The van der Waals surface area contributed by atoms with Crippen LogP contribution in [0, 0.1) is 10.1 Å². The number of aromatic nitrogens is 3. The number of ether oxygens (including phenoxy) is 1. The highest BCUT2D eigenvalue weighted by molar-refractivity contribution is 6.30. The topological polar surface area (TPSA) is 125 Å². The van der Waals surface area contributed by atoms with Gasteiger partial charge in [-0.25, -0.2) is 5.43 Å². The fourth-order valence-corrected chi connectivity index (χ4v) is 2.58. The van der Waals surface area contributed by atoms with Crippen molar-refractivity contribution in [2.24, 2.45) is 5.10 Å². The van der Waals surface area contributed by atoms with Crippen LogP contribution in [0.2, 0.25) is 5.02 Å². The average molecular weight is 415 g/mol. The smallest absolute Gasteiger partial charge is 0.490 e. The third-order valence-corrected chi connectivity index (χ3v) is 4.06. The minimum Gasteiger partial charge on any atom is -0.496 e. The molecule has 1 N–H and O–H groups in total. The van der Waals surface area contributed by atoms with Crippen LogP contribution in [-0.2, 0) is 6.54 Å². The number of halogens is 1. The molecular weight excluding hydrogens is 400 g/mol. The Hall–Kier alpha value is -3.79. The molecule has 1 amide bonds. The number of carbonyl (C=O) groups is 1. The summed E-state index contributed by atoms with van der Waals surface area (Å²) in [6.45, 7) is 0.211. The lowest BCUT2D eigenvalue weighted by Crippen LogP contribution is -2.17. The van der Waals surface area contributed by atoms with Gasteiger partial charge in [0.25, 0.3) is 5.91 Å². The van der Waals surface area contributed by atoms with Crippen molar-refractivity contribution in [2.45, 2.75) is 6.54 Å². The number of hydrazone groups is 1. The number of nitrogens with one attached hydrogen (secondary N) is 1. The highest BCUT2D eigenvalue weighted by atomic mass is 35.5. The molecule has 0 saturated heterocycles. The molecular formula is C18H15ClN6O4. The number of nitro groups is 1. The Bertz CT molecular complexity index is 1060. The van der Waals surface area contributed by atoms with Gasteiger partial charge in [-0.1, -0.05) is 16.6 Å². The van der Waals surface area contributed by atoms with E-state index in [1.165, 1.54) is 24.3 Å². The van der Waals surface area contributed by atoms with Crippen LogP contribution < -0.4 is 10.2 Å². The Morgan fingerprint density at radius 2 is 2.10 bits per heavy atom. The van der Waals surface area contributed by atoms with Crippen LogP contribution in [0.1, 0.15) is 21.5 Å². The van der Waals surface area contributed by atoms with Crippen LogP contribution in [0.15, 0.2) is 53.9 Å². The Morgan fingerprint density at radius 3 is 2.76 bits per heavy atom. The van der Waals surface area contributed by atoms with E-state index in [-0.39, 0.29) is 12.5 Å². The Morgan fingerprint density at radius 1 is 1.34 bits per heavy atom. The van der Waals surface area contributed by atoms with Crippen molar-refractivity contribution in [3.63, 3.8) is 0 Å². The number of nitrogens with zero attached hydrogens (tertiary/aromatic N) is 5. The second-order valence-corrected chi connectivity index (χ2v) is 6.21. The van der Waals surface area contributed by atoms with Crippen molar-refractivity contribution >= 4 is 29.7 Å². The van der Waals surface area contributed by atoms with Gasteiger partial charge in [0.1, 0.15) is 5.75 Å². The Kier molecular flexibility index (Phi) is 6.15. The number of hydrogen-bond donors (Lipinski definition) is 1. The van der Waals surface area contributed by atoms with Gasteiger partial charge in [-0.05, 0) is 53.0 Å². The van der Waals surface area contributed by atoms with Crippen LogP contribution in [0.25, 0.3) is 0 Å². The molecule has 0 spiro atoms. The van der Waals surface area contributed by atoms with Crippen LogP contribution in [0.4, 0.5) is 5.95 Å². The fourth-order valence-electron chi connectivity index (χ4n) is 2.45. The fraction of sp³-hybridized carbons (Fsp3) is 0.111. The van der Waals surface area contributed by atoms with E-state index in [1.807, 2.05) is 0 Å². The van der Waals surface area contributed by atoms with E-state index in [2.05, 4.69) is 20.6 Å². The summed E-state index contributed by atoms with van der Waals surface area (Å²) in [5, 5.41) is 19.0. The molecule has 0 unspecified atom stereocenters. The SMILES string of the molecule is COc1ccc(/C=N/NC(=O)c2ccc(Cl)cc2)cc1Cn1cnc([N+](=O)[O-])n1. The summed E-state index contributed by atoms with van der Waals surface area (Å²) in [6, 6.07) is 11.7. The summed E-state index contributed by atoms with van der Waals surface area (Å²) in [6.07, 6.45) is 2.74. The quantitative estimate of drug-likeness (QED) is 0.360. The predicted octanol–water partition coefficient (Wildman–Crippen LogP) is 2.66. The first-order valence-electron chi connectivity index (χ1n) is 8.26. The van der Waals surface area contributed by atoms with E-state index in [0.717, 1.165) is 0 Å². The molecule has 3 rings (SSSR count). The molecule has 0 radical (unpaired) electrons. The lowest BCUT2D eigenvalue weighted by Gasteiger charge is -2.08. The normalized spacial score (nSPS) is 10.8. The minimum absolute atomic E-state index is 0.211. The molecule has 0 aliphatic heterocycles. The third-order valence-electron chi connectivity index (χ3n) is 3.81. The molecule has 148 valence electrons. The highest BCUT2D eigenvalue weighted by Gasteiger charge is 2.15. The van der Waals surface area contributed by atoms with Crippen molar-refractivity contribution in [1.82, 2.24) is 20.2 Å². The molecule has 0 fully saturated rings. The van der Waals surface area contributed by atoms with Gasteiger partial charge in [0, 0.05) is 21.2 Å². The molecule has 0 atom stereocenters. The maximum atomic E-state index is 12.1. The first kappa shape index (κ1) is 20.0. The first-order valence-corrected chi connectivity index (χ1v) is 8.64. The van der Waals surface area contributed by atoms with E-state index >= 15 is 0 Å². The summed E-state index contributed by atoms with van der Waals surface area (Å²) in [4.78, 5) is 25.7. The van der Waals surface area contributed by atoms with Crippen LogP contribution in [0.5, 0.6) is 5.75 Å². The van der Waals surface area contributed by atoms with Crippen molar-refractivity contribution in [3.8, 4) is 5.75 Å². The molecule has 2 aromatic carbocycles. The van der Waals surface area contributed by atoms with E-state index < -0.39 is 10.9 Å². The zero-order valence-electron chi connectivity index (χ0n) is 15.2. The number of amides is 1. The van der Waals surface area contributed by atoms with Crippen LogP contribution >= 0.6 is 11.6 Å². The molecule has 0 aliphatic carbocycles. The van der Waals surface area contributed by atoms with Crippen molar-refractivity contribution in [2.75, 3.05) is 7.11 Å². The Labute approximate surface area is 169 Å². The summed E-state index contributed by atoms with van der Waals surface area (Å²) < 4.78 is 6.65. The van der Waals surface area contributed by atoms with Crippen molar-refractivity contribution in [3.05, 3.63) is 80.6 Å². The van der Waals surface area contributed by atoms with Crippen molar-refractivity contribution in [1.29, 1.82) is 0 Å². The third kappa shape index (κ3) is 5.14. The van der Waals surface area contributed by atoms with Gasteiger partial charge in [-0.3, -0.25) is 4.79 Å². The maximum Gasteiger partial charge on any atom is 0.490 e. The second-order valence-electron chi connectivity index (χ2n) is 5.78. The van der Waals surface area contributed by atoms with Gasteiger partial charge in [-0.15, -0.1) is 0 Å². The lowest BCUT2D eigenvalue weighted by atomic mass is 10.1. The second kappa shape index (κ2) is 8.93.